The summed E-state index contributed by atoms with van der Waals surface area (Å²) in [6.07, 6.45) is 0.747. The van der Waals surface area contributed by atoms with Crippen LogP contribution in [0.25, 0.3) is 0 Å². The Balaban J connectivity index is 1.36. The Morgan fingerprint density at radius 1 is 0.840 bits per heavy atom. The molecule has 10 nitrogen and oxygen atoms in total. The number of halogens is 2. The van der Waals surface area contributed by atoms with E-state index in [1.807, 2.05) is 13.8 Å². The van der Waals surface area contributed by atoms with Crippen LogP contribution >= 0.6 is 23.2 Å². The molecule has 50 heavy (non-hydrogen) atoms. The van der Waals surface area contributed by atoms with Crippen LogP contribution in [0, 0.1) is 20.8 Å². The van der Waals surface area contributed by atoms with E-state index < -0.39 is 34.7 Å². The summed E-state index contributed by atoms with van der Waals surface area (Å²) in [6, 6.07) is 8.57. The number of carbonyl (C=O) groups excluding carboxylic acids is 4. The number of phenols is 2. The Labute approximate surface area is 296 Å². The summed E-state index contributed by atoms with van der Waals surface area (Å²) in [4.78, 5) is 53.7. The maximum atomic E-state index is 13.8. The second-order valence-corrected chi connectivity index (χ2v) is 13.8. The van der Waals surface area contributed by atoms with Gasteiger partial charge in [-0.2, -0.15) is 0 Å². The summed E-state index contributed by atoms with van der Waals surface area (Å²) in [6.45, 7) is 9.52. The van der Waals surface area contributed by atoms with Crippen molar-refractivity contribution in [3.63, 3.8) is 0 Å². The maximum Gasteiger partial charge on any atom is 0.355 e. The second-order valence-electron chi connectivity index (χ2n) is 13.0. The van der Waals surface area contributed by atoms with Crippen molar-refractivity contribution >= 4 is 46.7 Å². The van der Waals surface area contributed by atoms with Crippen molar-refractivity contribution in [2.24, 2.45) is 0 Å². The molecular formula is C38H30Cl2O10. The Morgan fingerprint density at radius 2 is 1.48 bits per heavy atom. The van der Waals surface area contributed by atoms with Crippen molar-refractivity contribution in [3.8, 4) is 34.5 Å². The van der Waals surface area contributed by atoms with Gasteiger partial charge in [0, 0.05) is 51.9 Å². The van der Waals surface area contributed by atoms with Crippen LogP contribution in [-0.4, -0.2) is 39.3 Å². The number of aromatic hydroxyl groups is 2. The summed E-state index contributed by atoms with van der Waals surface area (Å²) in [5.74, 6) is -1.95. The van der Waals surface area contributed by atoms with Crippen molar-refractivity contribution in [2.75, 3.05) is 0 Å². The molecule has 4 aromatic rings. The molecule has 0 aliphatic carbocycles. The molecule has 2 unspecified atom stereocenters. The Morgan fingerprint density at radius 3 is 2.14 bits per heavy atom. The maximum absolute atomic E-state index is 13.8. The summed E-state index contributed by atoms with van der Waals surface area (Å²) >= 11 is 13.1. The van der Waals surface area contributed by atoms with Gasteiger partial charge >= 0.3 is 11.9 Å². The molecule has 256 valence electrons. The van der Waals surface area contributed by atoms with Crippen LogP contribution in [0.2, 0.25) is 10.0 Å². The Kier molecular flexibility index (Phi) is 7.51. The topological polar surface area (TPSA) is 146 Å². The largest absolute Gasteiger partial charge is 0.508 e. The Bertz CT molecular complexity index is 2280. The summed E-state index contributed by atoms with van der Waals surface area (Å²) in [5, 5.41) is 20.5. The van der Waals surface area contributed by atoms with Gasteiger partial charge in [0.05, 0.1) is 15.6 Å². The molecule has 0 aromatic heterocycles. The molecule has 12 heteroatoms. The zero-order chi connectivity index (χ0) is 36.2. The monoisotopic (exact) mass is 716 g/mol. The molecule has 0 radical (unpaired) electrons. The van der Waals surface area contributed by atoms with Crippen molar-refractivity contribution < 1.29 is 48.3 Å². The summed E-state index contributed by atoms with van der Waals surface area (Å²) in [5.41, 5.74) is -0.375. The smallest absolute Gasteiger partial charge is 0.355 e. The lowest BCUT2D eigenvalue weighted by molar-refractivity contribution is -0.152. The first-order chi connectivity index (χ1) is 23.5. The molecule has 2 atom stereocenters. The van der Waals surface area contributed by atoms with E-state index in [1.54, 1.807) is 13.8 Å². The molecule has 3 heterocycles. The first-order valence-electron chi connectivity index (χ1n) is 15.7. The predicted octanol–water partition coefficient (Wildman–Crippen LogP) is 7.99. The number of hydrogen-bond donors (Lipinski definition) is 2. The highest BCUT2D eigenvalue weighted by Gasteiger charge is 2.57. The molecule has 0 saturated heterocycles. The van der Waals surface area contributed by atoms with Crippen molar-refractivity contribution in [3.05, 3.63) is 102 Å². The van der Waals surface area contributed by atoms with E-state index in [1.165, 1.54) is 50.2 Å². The third kappa shape index (κ3) is 4.54. The average molecular weight is 718 g/mol. The highest BCUT2D eigenvalue weighted by Crippen LogP contribution is 2.60. The van der Waals surface area contributed by atoms with E-state index in [-0.39, 0.29) is 78.6 Å². The van der Waals surface area contributed by atoms with Gasteiger partial charge in [-0.3, -0.25) is 9.59 Å². The predicted molar refractivity (Wildman–Crippen MR) is 182 cm³/mol. The van der Waals surface area contributed by atoms with Crippen molar-refractivity contribution in [1.29, 1.82) is 0 Å². The van der Waals surface area contributed by atoms with Crippen LogP contribution in [0.1, 0.15) is 97.2 Å². The first-order valence-corrected chi connectivity index (χ1v) is 16.5. The fourth-order valence-electron chi connectivity index (χ4n) is 7.23. The lowest BCUT2D eigenvalue weighted by Crippen LogP contribution is -2.47. The van der Waals surface area contributed by atoms with Gasteiger partial charge in [0.15, 0.2) is 17.2 Å². The fraction of sp³-hybridized carbons (Fsp3) is 0.263. The molecule has 4 aromatic carbocycles. The quantitative estimate of drug-likeness (QED) is 0.121. The third-order valence-electron chi connectivity index (χ3n) is 9.95. The molecule has 0 saturated carbocycles. The van der Waals surface area contributed by atoms with Gasteiger partial charge in [-0.15, -0.1) is 0 Å². The number of esters is 2. The number of benzene rings is 4. The number of Topliss-reactive ketones (excluding diaryl/α,β-unsaturated/α-hetero) is 2. The number of ether oxygens (including phenoxy) is 4. The van der Waals surface area contributed by atoms with Gasteiger partial charge in [-0.25, -0.2) is 9.59 Å². The van der Waals surface area contributed by atoms with Crippen molar-refractivity contribution in [2.45, 2.75) is 65.6 Å². The van der Waals surface area contributed by atoms with Gasteiger partial charge in [0.1, 0.15) is 34.5 Å². The van der Waals surface area contributed by atoms with Crippen LogP contribution in [0.3, 0.4) is 0 Å². The molecule has 3 aliphatic rings. The summed E-state index contributed by atoms with van der Waals surface area (Å²) < 4.78 is 24.6. The molecule has 0 fully saturated rings. The second kappa shape index (κ2) is 11.2. The minimum Gasteiger partial charge on any atom is -0.508 e. The number of carbonyl (C=O) groups is 4. The van der Waals surface area contributed by atoms with Gasteiger partial charge in [0.25, 0.3) is 0 Å². The molecule has 3 aliphatic heterocycles. The zero-order valence-electron chi connectivity index (χ0n) is 27.8. The minimum atomic E-state index is -1.88. The van der Waals surface area contributed by atoms with Gasteiger partial charge < -0.3 is 29.2 Å². The normalized spacial score (nSPS) is 19.7. The average Bonchev–Trinajstić information content (AvgIpc) is 3.36. The van der Waals surface area contributed by atoms with E-state index in [4.69, 9.17) is 42.1 Å². The van der Waals surface area contributed by atoms with Gasteiger partial charge in [0.2, 0.25) is 5.60 Å². The number of hydrogen-bond acceptors (Lipinski definition) is 10. The molecule has 1 spiro atoms. The highest BCUT2D eigenvalue weighted by molar-refractivity contribution is 6.46. The molecule has 2 N–H and O–H groups in total. The molecule has 7 rings (SSSR count). The lowest BCUT2D eigenvalue weighted by Gasteiger charge is -2.38. The van der Waals surface area contributed by atoms with Gasteiger partial charge in [-0.1, -0.05) is 23.2 Å². The van der Waals surface area contributed by atoms with E-state index in [0.717, 1.165) is 11.1 Å². The standard InChI is InChI=1S/C38H30Cl2O10/c1-15-16(2)34-22(17(3)33(15)44)11-12-37(6,49-34)36(46)47-21-8-10-24-26(14-21)48-25-13-20(43)7-9-23(25)38(24)30-27(18(4)41)28(19(5)42)31(39)32(40)29(30)35(45)50-38/h7-10,13-14,43-44H,11-12H2,1-6H3. The van der Waals surface area contributed by atoms with E-state index in [9.17, 15) is 29.4 Å². The number of fused-ring (bicyclic) bond motifs is 7. The van der Waals surface area contributed by atoms with E-state index in [0.29, 0.717) is 23.3 Å². The van der Waals surface area contributed by atoms with Crippen molar-refractivity contribution in [1.82, 2.24) is 0 Å². The summed E-state index contributed by atoms with van der Waals surface area (Å²) in [7, 11) is 0. The lowest BCUT2D eigenvalue weighted by atomic mass is 9.74. The number of ketones is 2. The van der Waals surface area contributed by atoms with E-state index in [2.05, 4.69) is 0 Å². The fourth-order valence-corrected chi connectivity index (χ4v) is 7.82. The van der Waals surface area contributed by atoms with E-state index >= 15 is 0 Å². The molecule has 0 amide bonds. The third-order valence-corrected chi connectivity index (χ3v) is 10.8. The molecule has 0 bridgehead atoms. The zero-order valence-corrected chi connectivity index (χ0v) is 29.3. The SMILES string of the molecule is CC(=O)c1c(Cl)c(Cl)c2c(c1C(C)=O)C1(OC2=O)c2ccc(O)cc2Oc2cc(OC(=O)C3(C)CCc4c(C)c(O)c(C)c(C)c4O3)ccc21. The van der Waals surface area contributed by atoms with Gasteiger partial charge in [-0.05, 0) is 88.9 Å². The number of phenolic OH excluding ortho intramolecular Hbond substituents is 2. The highest BCUT2D eigenvalue weighted by atomic mass is 35.5. The first kappa shape index (κ1) is 33.4. The van der Waals surface area contributed by atoms with Crippen LogP contribution in [-0.2, 0) is 21.6 Å². The Hall–Kier alpha value is -5.06. The van der Waals surface area contributed by atoms with Crippen LogP contribution in [0.5, 0.6) is 34.5 Å². The number of rotatable bonds is 4. The molecular weight excluding hydrogens is 687 g/mol. The van der Waals surface area contributed by atoms with Crippen LogP contribution < -0.4 is 14.2 Å². The van der Waals surface area contributed by atoms with Crippen LogP contribution in [0.15, 0.2) is 36.4 Å². The van der Waals surface area contributed by atoms with Crippen LogP contribution in [0.4, 0.5) is 0 Å². The minimum absolute atomic E-state index is 0.00427.